The smallest absolute Gasteiger partial charge is 0.156 e. The molecular formula is C15H18O. The Morgan fingerprint density at radius 2 is 2.38 bits per heavy atom. The molecule has 0 spiro atoms. The van der Waals surface area contributed by atoms with E-state index >= 15 is 0 Å². The molecule has 84 valence electrons. The van der Waals surface area contributed by atoms with Crippen molar-refractivity contribution in [3.63, 3.8) is 0 Å². The van der Waals surface area contributed by atoms with Crippen LogP contribution in [0.15, 0.2) is 29.5 Å². The van der Waals surface area contributed by atoms with Crippen LogP contribution in [0.1, 0.15) is 39.5 Å². The van der Waals surface area contributed by atoms with Crippen LogP contribution in [-0.4, -0.2) is 5.78 Å². The predicted molar refractivity (Wildman–Crippen MR) is 66.8 cm³/mol. The standard InChI is InChI=1S/C15H18O/c1-4-6-14-11-15(16)10-9-13(14)8-7-12(3)5-2/h11,13H,2,7-10H2,1,3H3. The van der Waals surface area contributed by atoms with E-state index in [0.29, 0.717) is 12.3 Å². The van der Waals surface area contributed by atoms with Gasteiger partial charge in [0.1, 0.15) is 0 Å². The van der Waals surface area contributed by atoms with Gasteiger partial charge in [-0.25, -0.2) is 0 Å². The van der Waals surface area contributed by atoms with Crippen LogP contribution in [0.2, 0.25) is 0 Å². The van der Waals surface area contributed by atoms with Gasteiger partial charge in [0.2, 0.25) is 0 Å². The Hall–Kier alpha value is -1.51. The Bertz CT molecular complexity index is 408. The fourth-order valence-electron chi connectivity index (χ4n) is 1.90. The van der Waals surface area contributed by atoms with Crippen LogP contribution in [0.3, 0.4) is 0 Å². The van der Waals surface area contributed by atoms with Gasteiger partial charge in [0.05, 0.1) is 0 Å². The molecule has 0 aromatic heterocycles. The highest BCUT2D eigenvalue weighted by atomic mass is 16.1. The topological polar surface area (TPSA) is 17.1 Å². The summed E-state index contributed by atoms with van der Waals surface area (Å²) in [4.78, 5) is 11.3. The van der Waals surface area contributed by atoms with E-state index < -0.39 is 0 Å². The largest absolute Gasteiger partial charge is 0.295 e. The van der Waals surface area contributed by atoms with Crippen LogP contribution in [0, 0.1) is 17.8 Å². The molecule has 1 nitrogen and oxygen atoms in total. The molecule has 0 amide bonds. The molecule has 1 rings (SSSR count). The first kappa shape index (κ1) is 12.6. The molecule has 16 heavy (non-hydrogen) atoms. The van der Waals surface area contributed by atoms with Gasteiger partial charge in [-0.2, -0.15) is 0 Å². The van der Waals surface area contributed by atoms with Gasteiger partial charge in [-0.1, -0.05) is 12.5 Å². The summed E-state index contributed by atoms with van der Waals surface area (Å²) < 4.78 is 0. The average molecular weight is 214 g/mol. The summed E-state index contributed by atoms with van der Waals surface area (Å²) in [5.74, 6) is 6.59. The van der Waals surface area contributed by atoms with Gasteiger partial charge < -0.3 is 0 Å². The van der Waals surface area contributed by atoms with E-state index in [1.807, 2.05) is 13.8 Å². The molecule has 0 heterocycles. The van der Waals surface area contributed by atoms with Crippen molar-refractivity contribution >= 4 is 5.78 Å². The van der Waals surface area contributed by atoms with Crippen LogP contribution >= 0.6 is 0 Å². The minimum absolute atomic E-state index is 0.213. The monoisotopic (exact) mass is 214 g/mol. The highest BCUT2D eigenvalue weighted by Gasteiger charge is 2.19. The number of ketones is 1. The van der Waals surface area contributed by atoms with Crippen LogP contribution in [0.25, 0.3) is 0 Å². The van der Waals surface area contributed by atoms with Crippen molar-refractivity contribution in [2.75, 3.05) is 0 Å². The Labute approximate surface area is 97.9 Å². The molecule has 0 fully saturated rings. The van der Waals surface area contributed by atoms with Crippen molar-refractivity contribution in [1.29, 1.82) is 0 Å². The van der Waals surface area contributed by atoms with Crippen molar-refractivity contribution in [2.45, 2.75) is 39.5 Å². The number of carbonyl (C=O) groups excluding carboxylic acids is 1. The van der Waals surface area contributed by atoms with Crippen molar-refractivity contribution in [3.8, 4) is 11.8 Å². The lowest BCUT2D eigenvalue weighted by molar-refractivity contribution is -0.115. The first-order valence-electron chi connectivity index (χ1n) is 5.70. The third-order valence-corrected chi connectivity index (χ3v) is 2.93. The fraction of sp³-hybridized carbons (Fsp3) is 0.467. The second-order valence-corrected chi connectivity index (χ2v) is 4.17. The van der Waals surface area contributed by atoms with Crippen molar-refractivity contribution < 1.29 is 4.79 Å². The van der Waals surface area contributed by atoms with E-state index in [0.717, 1.165) is 24.8 Å². The van der Waals surface area contributed by atoms with Gasteiger partial charge >= 0.3 is 0 Å². The van der Waals surface area contributed by atoms with Crippen LogP contribution in [-0.2, 0) is 4.79 Å². The number of allylic oxidation sites excluding steroid dienone is 3. The second kappa shape index (κ2) is 6.16. The van der Waals surface area contributed by atoms with Gasteiger partial charge in [0.25, 0.3) is 0 Å². The predicted octanol–water partition coefficient (Wildman–Crippen LogP) is 3.43. The summed E-state index contributed by atoms with van der Waals surface area (Å²) in [5, 5.41) is 0. The average Bonchev–Trinajstić information content (AvgIpc) is 2.28. The number of hydrogen-bond donors (Lipinski definition) is 0. The van der Waals surface area contributed by atoms with E-state index in [1.165, 1.54) is 5.57 Å². The lowest BCUT2D eigenvalue weighted by Gasteiger charge is -2.20. The van der Waals surface area contributed by atoms with E-state index in [4.69, 9.17) is 0 Å². The minimum atomic E-state index is 0.213. The molecule has 0 saturated carbocycles. The zero-order valence-electron chi connectivity index (χ0n) is 10.1. The second-order valence-electron chi connectivity index (χ2n) is 4.17. The van der Waals surface area contributed by atoms with Crippen molar-refractivity contribution in [2.24, 2.45) is 5.92 Å². The van der Waals surface area contributed by atoms with Gasteiger partial charge in [-0.05, 0) is 50.7 Å². The highest BCUT2D eigenvalue weighted by molar-refractivity contribution is 5.92. The maximum Gasteiger partial charge on any atom is 0.156 e. The Balaban J connectivity index is 2.70. The molecule has 1 heteroatoms. The van der Waals surface area contributed by atoms with E-state index in [9.17, 15) is 4.79 Å². The number of hydrogen-bond acceptors (Lipinski definition) is 1. The normalized spacial score (nSPS) is 19.2. The zero-order chi connectivity index (χ0) is 12.0. The lowest BCUT2D eigenvalue weighted by atomic mass is 9.83. The number of rotatable bonds is 3. The first-order valence-corrected chi connectivity index (χ1v) is 5.70. The van der Waals surface area contributed by atoms with Gasteiger partial charge in [0.15, 0.2) is 5.78 Å². The molecule has 1 atom stereocenters. The lowest BCUT2D eigenvalue weighted by Crippen LogP contribution is -2.13. The summed E-state index contributed by atoms with van der Waals surface area (Å²) in [6, 6.07) is 0. The van der Waals surface area contributed by atoms with Gasteiger partial charge in [0, 0.05) is 12.0 Å². The van der Waals surface area contributed by atoms with Gasteiger partial charge in [-0.15, -0.1) is 11.7 Å². The third kappa shape index (κ3) is 3.57. The van der Waals surface area contributed by atoms with Crippen LogP contribution < -0.4 is 0 Å². The van der Waals surface area contributed by atoms with E-state index in [1.54, 1.807) is 6.08 Å². The fourth-order valence-corrected chi connectivity index (χ4v) is 1.90. The summed E-state index contributed by atoms with van der Waals surface area (Å²) in [6.07, 6.45) is 5.35. The maximum atomic E-state index is 11.3. The maximum absolute atomic E-state index is 11.3. The van der Waals surface area contributed by atoms with E-state index in [2.05, 4.69) is 24.2 Å². The Morgan fingerprint density at radius 1 is 1.62 bits per heavy atom. The van der Waals surface area contributed by atoms with Crippen molar-refractivity contribution in [3.05, 3.63) is 29.5 Å². The first-order chi connectivity index (χ1) is 7.67. The molecule has 0 aromatic carbocycles. The molecule has 0 bridgehead atoms. The molecule has 0 aliphatic heterocycles. The SMILES string of the molecule is C=C=C(C)CCC1CCC(=O)C=C1C#CC. The summed E-state index contributed by atoms with van der Waals surface area (Å²) in [6.45, 7) is 7.48. The molecule has 0 N–H and O–H groups in total. The zero-order valence-corrected chi connectivity index (χ0v) is 10.1. The van der Waals surface area contributed by atoms with E-state index in [-0.39, 0.29) is 5.78 Å². The molecule has 1 unspecified atom stereocenters. The highest BCUT2D eigenvalue weighted by Crippen LogP contribution is 2.27. The summed E-state index contributed by atoms with van der Waals surface area (Å²) >= 11 is 0. The van der Waals surface area contributed by atoms with Crippen LogP contribution in [0.4, 0.5) is 0 Å². The molecule has 0 radical (unpaired) electrons. The molecule has 1 aliphatic rings. The van der Waals surface area contributed by atoms with Crippen molar-refractivity contribution in [1.82, 2.24) is 0 Å². The number of carbonyl (C=O) groups is 1. The Morgan fingerprint density at radius 3 is 3.00 bits per heavy atom. The van der Waals surface area contributed by atoms with Gasteiger partial charge in [-0.3, -0.25) is 4.79 Å². The minimum Gasteiger partial charge on any atom is -0.295 e. The quantitative estimate of drug-likeness (QED) is 0.519. The van der Waals surface area contributed by atoms with Crippen LogP contribution in [0.5, 0.6) is 0 Å². The molecular weight excluding hydrogens is 196 g/mol. The third-order valence-electron chi connectivity index (χ3n) is 2.93. The summed E-state index contributed by atoms with van der Waals surface area (Å²) in [5.41, 5.74) is 5.10. The molecule has 0 saturated heterocycles. The molecule has 1 aliphatic carbocycles. The molecule has 0 aromatic rings. The summed E-state index contributed by atoms with van der Waals surface area (Å²) in [7, 11) is 0. The Kier molecular flexibility index (Phi) is 4.83.